The summed E-state index contributed by atoms with van der Waals surface area (Å²) < 4.78 is 13.2. The van der Waals surface area contributed by atoms with E-state index in [1.807, 2.05) is 0 Å². The van der Waals surface area contributed by atoms with Crippen molar-refractivity contribution >= 4 is 17.3 Å². The molecule has 9 heteroatoms. The van der Waals surface area contributed by atoms with E-state index >= 15 is 0 Å². The molecule has 16 heavy (non-hydrogen) atoms. The Kier molecular flexibility index (Phi) is 2.79. The summed E-state index contributed by atoms with van der Waals surface area (Å²) in [5.41, 5.74) is 1.90. The second kappa shape index (κ2) is 3.88. The number of carbonyl (C=O) groups excluding carboxylic acids is 1. The molecule has 2 N–H and O–H groups in total. The molecule has 1 rings (SSSR count). The topological polar surface area (TPSA) is 129 Å². The van der Waals surface area contributed by atoms with Gasteiger partial charge in [-0.25, -0.2) is 4.39 Å². The number of benzene rings is 1. The van der Waals surface area contributed by atoms with Crippen molar-refractivity contribution in [2.24, 2.45) is 5.73 Å². The largest absolute Gasteiger partial charge is 0.365 e. The summed E-state index contributed by atoms with van der Waals surface area (Å²) in [6.45, 7) is 0. The maximum atomic E-state index is 13.2. The van der Waals surface area contributed by atoms with Crippen molar-refractivity contribution in [3.8, 4) is 0 Å². The number of non-ortho nitro benzene ring substituents is 1. The molecule has 0 fully saturated rings. The van der Waals surface area contributed by atoms with Gasteiger partial charge >= 0.3 is 0 Å². The van der Waals surface area contributed by atoms with E-state index in [2.05, 4.69) is 0 Å². The number of nitrogens with two attached hydrogens (primary N) is 1. The Labute approximate surface area is 86.8 Å². The molecule has 0 aliphatic rings. The van der Waals surface area contributed by atoms with Crippen molar-refractivity contribution in [3.63, 3.8) is 0 Å². The second-order valence-corrected chi connectivity index (χ2v) is 2.70. The van der Waals surface area contributed by atoms with Crippen LogP contribution in [0.1, 0.15) is 10.4 Å². The molecule has 0 spiro atoms. The number of carbonyl (C=O) groups is 1. The molecule has 1 amide bonds. The zero-order chi connectivity index (χ0) is 12.5. The third-order valence-corrected chi connectivity index (χ3v) is 1.71. The third-order valence-electron chi connectivity index (χ3n) is 1.71. The first-order valence-electron chi connectivity index (χ1n) is 3.76. The summed E-state index contributed by atoms with van der Waals surface area (Å²) in [5, 5.41) is 20.8. The van der Waals surface area contributed by atoms with Gasteiger partial charge in [0, 0.05) is 0 Å². The third kappa shape index (κ3) is 1.92. The van der Waals surface area contributed by atoms with E-state index in [0.29, 0.717) is 12.1 Å². The van der Waals surface area contributed by atoms with Crippen LogP contribution in [0.5, 0.6) is 0 Å². The second-order valence-electron chi connectivity index (χ2n) is 2.70. The summed E-state index contributed by atoms with van der Waals surface area (Å²) in [7, 11) is 0. The average Bonchev–Trinajstić information content (AvgIpc) is 2.15. The highest BCUT2D eigenvalue weighted by Gasteiger charge is 2.27. The number of amides is 1. The van der Waals surface area contributed by atoms with E-state index in [1.54, 1.807) is 0 Å². The molecule has 0 saturated carbocycles. The van der Waals surface area contributed by atoms with Crippen LogP contribution in [0.15, 0.2) is 12.1 Å². The van der Waals surface area contributed by atoms with Crippen LogP contribution in [0.2, 0.25) is 0 Å². The van der Waals surface area contributed by atoms with Crippen molar-refractivity contribution in [2.45, 2.75) is 0 Å². The number of nitro groups is 2. The lowest BCUT2D eigenvalue weighted by Gasteiger charge is -2.00. The number of rotatable bonds is 3. The molecule has 0 saturated heterocycles. The SMILES string of the molecule is NC(=O)c1c(F)cc([N+](=O)[O-])cc1[N+](=O)[O-]. The van der Waals surface area contributed by atoms with Crippen molar-refractivity contribution in [1.29, 1.82) is 0 Å². The minimum absolute atomic E-state index is 0.396. The van der Waals surface area contributed by atoms with Crippen LogP contribution in [0.4, 0.5) is 15.8 Å². The molecular weight excluding hydrogens is 225 g/mol. The van der Waals surface area contributed by atoms with Crippen molar-refractivity contribution < 1.29 is 19.0 Å². The number of nitrogens with zero attached hydrogens (tertiary/aromatic N) is 2. The highest BCUT2D eigenvalue weighted by Crippen LogP contribution is 2.27. The Morgan fingerprint density at radius 3 is 2.19 bits per heavy atom. The first kappa shape index (κ1) is 11.5. The summed E-state index contributed by atoms with van der Waals surface area (Å²) >= 11 is 0. The van der Waals surface area contributed by atoms with Gasteiger partial charge in [-0.15, -0.1) is 0 Å². The van der Waals surface area contributed by atoms with E-state index in [4.69, 9.17) is 5.73 Å². The van der Waals surface area contributed by atoms with Gasteiger partial charge in [0.25, 0.3) is 17.3 Å². The first-order chi connectivity index (χ1) is 7.34. The maximum Gasteiger partial charge on any atom is 0.292 e. The van der Waals surface area contributed by atoms with Gasteiger partial charge in [-0.3, -0.25) is 25.0 Å². The molecule has 0 aromatic heterocycles. The van der Waals surface area contributed by atoms with E-state index < -0.39 is 38.5 Å². The molecule has 0 heterocycles. The molecule has 0 radical (unpaired) electrons. The molecule has 0 aliphatic carbocycles. The van der Waals surface area contributed by atoms with Crippen LogP contribution in [-0.2, 0) is 0 Å². The first-order valence-corrected chi connectivity index (χ1v) is 3.76. The molecule has 1 aromatic carbocycles. The highest BCUT2D eigenvalue weighted by atomic mass is 19.1. The van der Waals surface area contributed by atoms with Gasteiger partial charge in [-0.1, -0.05) is 0 Å². The van der Waals surface area contributed by atoms with Crippen LogP contribution < -0.4 is 5.73 Å². The molecule has 0 unspecified atom stereocenters. The van der Waals surface area contributed by atoms with Crippen LogP contribution in [0, 0.1) is 26.0 Å². The summed E-state index contributed by atoms with van der Waals surface area (Å²) in [6.07, 6.45) is 0. The zero-order valence-electron chi connectivity index (χ0n) is 7.55. The number of hydrogen-bond acceptors (Lipinski definition) is 5. The number of halogens is 1. The molecule has 8 nitrogen and oxygen atoms in total. The Bertz CT molecular complexity index is 501. The van der Waals surface area contributed by atoms with Gasteiger partial charge in [0.2, 0.25) is 0 Å². The molecule has 0 aliphatic heterocycles. The zero-order valence-corrected chi connectivity index (χ0v) is 7.55. The van der Waals surface area contributed by atoms with Crippen LogP contribution in [-0.4, -0.2) is 15.8 Å². The van der Waals surface area contributed by atoms with Gasteiger partial charge in [0.15, 0.2) is 5.56 Å². The Morgan fingerprint density at radius 2 is 1.81 bits per heavy atom. The predicted molar refractivity (Wildman–Crippen MR) is 48.2 cm³/mol. The lowest BCUT2D eigenvalue weighted by atomic mass is 10.1. The highest BCUT2D eigenvalue weighted by molar-refractivity contribution is 5.97. The van der Waals surface area contributed by atoms with Gasteiger partial charge in [0.1, 0.15) is 5.82 Å². The van der Waals surface area contributed by atoms with E-state index in [0.717, 1.165) is 0 Å². The number of primary amides is 1. The monoisotopic (exact) mass is 229 g/mol. The van der Waals surface area contributed by atoms with Gasteiger partial charge in [-0.2, -0.15) is 0 Å². The maximum absolute atomic E-state index is 13.2. The van der Waals surface area contributed by atoms with Crippen LogP contribution in [0.25, 0.3) is 0 Å². The van der Waals surface area contributed by atoms with Crippen LogP contribution in [0.3, 0.4) is 0 Å². The average molecular weight is 229 g/mol. The summed E-state index contributed by atoms with van der Waals surface area (Å²) in [6, 6.07) is 0.871. The smallest absolute Gasteiger partial charge is 0.292 e. The standard InChI is InChI=1S/C7H4FN3O5/c8-4-1-3(10(13)14)2-5(11(15)16)6(4)7(9)12/h1-2H,(H2,9,12). The fraction of sp³-hybridized carbons (Fsp3) is 0. The van der Waals surface area contributed by atoms with Crippen molar-refractivity contribution in [1.82, 2.24) is 0 Å². The summed E-state index contributed by atoms with van der Waals surface area (Å²) in [5.74, 6) is -2.76. The fourth-order valence-electron chi connectivity index (χ4n) is 1.07. The Hall–Kier alpha value is -2.58. The quantitative estimate of drug-likeness (QED) is 0.603. The van der Waals surface area contributed by atoms with E-state index in [9.17, 15) is 29.4 Å². The fourth-order valence-corrected chi connectivity index (χ4v) is 1.07. The van der Waals surface area contributed by atoms with Gasteiger partial charge in [-0.05, 0) is 0 Å². The van der Waals surface area contributed by atoms with E-state index in [-0.39, 0.29) is 0 Å². The lowest BCUT2D eigenvalue weighted by molar-refractivity contribution is -0.394. The molecular formula is C7H4FN3O5. The summed E-state index contributed by atoms with van der Waals surface area (Å²) in [4.78, 5) is 29.4. The molecule has 84 valence electrons. The minimum atomic E-state index is -1.40. The Morgan fingerprint density at radius 1 is 1.25 bits per heavy atom. The molecule has 1 aromatic rings. The van der Waals surface area contributed by atoms with Gasteiger partial charge in [0.05, 0.1) is 22.0 Å². The Balaban J connectivity index is 3.58. The van der Waals surface area contributed by atoms with Gasteiger partial charge < -0.3 is 5.73 Å². The van der Waals surface area contributed by atoms with Crippen molar-refractivity contribution in [2.75, 3.05) is 0 Å². The number of hydrogen-bond donors (Lipinski definition) is 1. The number of nitro benzene ring substituents is 2. The lowest BCUT2D eigenvalue weighted by Crippen LogP contribution is -2.16. The molecule has 0 atom stereocenters. The van der Waals surface area contributed by atoms with Crippen LogP contribution >= 0.6 is 0 Å². The normalized spacial score (nSPS) is 9.81. The minimum Gasteiger partial charge on any atom is -0.365 e. The van der Waals surface area contributed by atoms with E-state index in [1.165, 1.54) is 0 Å². The van der Waals surface area contributed by atoms with Crippen molar-refractivity contribution in [3.05, 3.63) is 43.7 Å². The molecule has 0 bridgehead atoms. The predicted octanol–water partition coefficient (Wildman–Crippen LogP) is 0.741.